The van der Waals surface area contributed by atoms with Crippen molar-refractivity contribution in [2.24, 2.45) is 0 Å². The number of ether oxygens (including phenoxy) is 1. The largest absolute Gasteiger partial charge is 0.370 e. The highest BCUT2D eigenvalue weighted by Crippen LogP contribution is 2.12. The van der Waals surface area contributed by atoms with E-state index in [1.165, 1.54) is 0 Å². The Morgan fingerprint density at radius 2 is 2.60 bits per heavy atom. The molecule has 56 valence electrons. The average Bonchev–Trinajstić information content (AvgIpc) is 1.88. The van der Waals surface area contributed by atoms with Gasteiger partial charge in [-0.05, 0) is 13.3 Å². The van der Waals surface area contributed by atoms with Gasteiger partial charge in [-0.15, -0.1) is 0 Å². The molecule has 0 saturated carbocycles. The zero-order chi connectivity index (χ0) is 7.40. The first-order chi connectivity index (χ1) is 4.83. The van der Waals surface area contributed by atoms with E-state index in [-0.39, 0.29) is 12.2 Å². The van der Waals surface area contributed by atoms with Crippen LogP contribution in [0, 0.1) is 0 Å². The Morgan fingerprint density at radius 1 is 1.80 bits per heavy atom. The lowest BCUT2D eigenvalue weighted by Gasteiger charge is -2.21. The van der Waals surface area contributed by atoms with Gasteiger partial charge in [0.15, 0.2) is 0 Å². The summed E-state index contributed by atoms with van der Waals surface area (Å²) in [4.78, 5) is 10.1. The Labute approximate surface area is 60.9 Å². The monoisotopic (exact) mass is 140 g/mol. The molecule has 0 aliphatic carbocycles. The van der Waals surface area contributed by atoms with Crippen molar-refractivity contribution in [3.63, 3.8) is 0 Å². The summed E-state index contributed by atoms with van der Waals surface area (Å²) in [5, 5.41) is 0. The molecule has 10 heavy (non-hydrogen) atoms. The molecule has 0 aromatic rings. The second kappa shape index (κ2) is 3.52. The quantitative estimate of drug-likeness (QED) is 0.427. The summed E-state index contributed by atoms with van der Waals surface area (Å²) in [6.07, 6.45) is 6.68. The molecule has 0 amide bonds. The molecule has 0 bridgehead atoms. The first-order valence-electron chi connectivity index (χ1n) is 3.58. The molecule has 1 rings (SSSR count). The number of rotatable bonds is 2. The Morgan fingerprint density at radius 3 is 3.20 bits per heavy atom. The van der Waals surface area contributed by atoms with Gasteiger partial charge >= 0.3 is 0 Å². The maximum absolute atomic E-state index is 10.1. The van der Waals surface area contributed by atoms with Crippen molar-refractivity contribution in [3.05, 3.63) is 12.2 Å². The molecule has 1 aliphatic heterocycles. The van der Waals surface area contributed by atoms with Crippen LogP contribution in [0.15, 0.2) is 12.2 Å². The van der Waals surface area contributed by atoms with Gasteiger partial charge in [0.05, 0.1) is 12.2 Å². The molecule has 0 spiro atoms. The maximum atomic E-state index is 10.1. The van der Waals surface area contributed by atoms with Gasteiger partial charge in [0.1, 0.15) is 6.29 Å². The summed E-state index contributed by atoms with van der Waals surface area (Å²) < 4.78 is 5.41. The SMILES string of the molecule is C[C@@H]1CC=C[C@@H](CC=O)O1. The van der Waals surface area contributed by atoms with E-state index in [0.29, 0.717) is 6.42 Å². The summed E-state index contributed by atoms with van der Waals surface area (Å²) in [5.74, 6) is 0. The van der Waals surface area contributed by atoms with Crippen molar-refractivity contribution in [2.75, 3.05) is 0 Å². The second-order valence-corrected chi connectivity index (χ2v) is 2.55. The molecule has 0 unspecified atom stereocenters. The van der Waals surface area contributed by atoms with Crippen LogP contribution in [0.5, 0.6) is 0 Å². The van der Waals surface area contributed by atoms with Crippen LogP contribution in [0.1, 0.15) is 19.8 Å². The molecule has 2 atom stereocenters. The number of hydrogen-bond donors (Lipinski definition) is 0. The Balaban J connectivity index is 2.38. The highest BCUT2D eigenvalue weighted by Gasteiger charge is 2.12. The Hall–Kier alpha value is -0.630. The van der Waals surface area contributed by atoms with Crippen LogP contribution >= 0.6 is 0 Å². The van der Waals surface area contributed by atoms with E-state index in [2.05, 4.69) is 6.08 Å². The minimum Gasteiger partial charge on any atom is -0.370 e. The van der Waals surface area contributed by atoms with Crippen molar-refractivity contribution >= 4 is 6.29 Å². The third-order valence-corrected chi connectivity index (χ3v) is 1.55. The van der Waals surface area contributed by atoms with Crippen molar-refractivity contribution < 1.29 is 9.53 Å². The van der Waals surface area contributed by atoms with E-state index in [1.807, 2.05) is 13.0 Å². The van der Waals surface area contributed by atoms with E-state index in [0.717, 1.165) is 12.7 Å². The van der Waals surface area contributed by atoms with Crippen LogP contribution in [-0.2, 0) is 9.53 Å². The first-order valence-corrected chi connectivity index (χ1v) is 3.58. The summed E-state index contributed by atoms with van der Waals surface area (Å²) >= 11 is 0. The van der Waals surface area contributed by atoms with Crippen molar-refractivity contribution in [1.29, 1.82) is 0 Å². The number of aldehydes is 1. The van der Waals surface area contributed by atoms with E-state index in [1.54, 1.807) is 0 Å². The number of carbonyl (C=O) groups is 1. The van der Waals surface area contributed by atoms with Crippen LogP contribution in [0.25, 0.3) is 0 Å². The van der Waals surface area contributed by atoms with Gasteiger partial charge in [-0.25, -0.2) is 0 Å². The van der Waals surface area contributed by atoms with Gasteiger partial charge < -0.3 is 9.53 Å². The van der Waals surface area contributed by atoms with Crippen LogP contribution in [0.4, 0.5) is 0 Å². The van der Waals surface area contributed by atoms with Gasteiger partial charge in [0, 0.05) is 6.42 Å². The fourth-order valence-corrected chi connectivity index (χ4v) is 1.05. The second-order valence-electron chi connectivity index (χ2n) is 2.55. The Bertz CT molecular complexity index is 140. The van der Waals surface area contributed by atoms with Crippen LogP contribution in [-0.4, -0.2) is 18.5 Å². The normalized spacial score (nSPS) is 32.1. The molecule has 0 aromatic heterocycles. The zero-order valence-electron chi connectivity index (χ0n) is 6.12. The molecule has 0 aromatic carbocycles. The van der Waals surface area contributed by atoms with Crippen molar-refractivity contribution in [2.45, 2.75) is 32.0 Å². The molecule has 0 radical (unpaired) electrons. The lowest BCUT2D eigenvalue weighted by Crippen LogP contribution is -2.21. The van der Waals surface area contributed by atoms with Gasteiger partial charge in [-0.2, -0.15) is 0 Å². The summed E-state index contributed by atoms with van der Waals surface area (Å²) in [7, 11) is 0. The predicted molar refractivity (Wildman–Crippen MR) is 38.8 cm³/mol. The molecule has 1 aliphatic rings. The minimum atomic E-state index is 0.0289. The molecule has 0 N–H and O–H groups in total. The van der Waals surface area contributed by atoms with E-state index in [9.17, 15) is 4.79 Å². The van der Waals surface area contributed by atoms with Crippen molar-refractivity contribution in [1.82, 2.24) is 0 Å². The maximum Gasteiger partial charge on any atom is 0.122 e. The van der Waals surface area contributed by atoms with Gasteiger partial charge in [-0.1, -0.05) is 12.2 Å². The fourth-order valence-electron chi connectivity index (χ4n) is 1.05. The highest BCUT2D eigenvalue weighted by molar-refractivity contribution is 5.50. The van der Waals surface area contributed by atoms with E-state index in [4.69, 9.17) is 4.74 Å². The molecule has 0 saturated heterocycles. The van der Waals surface area contributed by atoms with Crippen LogP contribution in [0.3, 0.4) is 0 Å². The average molecular weight is 140 g/mol. The lowest BCUT2D eigenvalue weighted by molar-refractivity contribution is -0.110. The summed E-state index contributed by atoms with van der Waals surface area (Å²) in [6, 6.07) is 0. The zero-order valence-corrected chi connectivity index (χ0v) is 6.12. The molecule has 1 heterocycles. The fraction of sp³-hybridized carbons (Fsp3) is 0.625. The summed E-state index contributed by atoms with van der Waals surface area (Å²) in [6.45, 7) is 2.02. The molecule has 2 nitrogen and oxygen atoms in total. The lowest BCUT2D eigenvalue weighted by atomic mass is 10.1. The Kier molecular flexibility index (Phi) is 2.63. The van der Waals surface area contributed by atoms with Crippen LogP contribution < -0.4 is 0 Å². The van der Waals surface area contributed by atoms with Gasteiger partial charge in [0.25, 0.3) is 0 Å². The van der Waals surface area contributed by atoms with E-state index < -0.39 is 0 Å². The third kappa shape index (κ3) is 1.95. The highest BCUT2D eigenvalue weighted by atomic mass is 16.5. The summed E-state index contributed by atoms with van der Waals surface area (Å²) in [5.41, 5.74) is 0. The smallest absolute Gasteiger partial charge is 0.122 e. The minimum absolute atomic E-state index is 0.0289. The van der Waals surface area contributed by atoms with Gasteiger partial charge in [-0.3, -0.25) is 0 Å². The first kappa shape index (κ1) is 7.48. The van der Waals surface area contributed by atoms with E-state index >= 15 is 0 Å². The number of hydrogen-bond acceptors (Lipinski definition) is 2. The molecular weight excluding hydrogens is 128 g/mol. The van der Waals surface area contributed by atoms with Gasteiger partial charge in [0.2, 0.25) is 0 Å². The topological polar surface area (TPSA) is 26.3 Å². The van der Waals surface area contributed by atoms with Crippen molar-refractivity contribution in [3.8, 4) is 0 Å². The van der Waals surface area contributed by atoms with Crippen LogP contribution in [0.2, 0.25) is 0 Å². The number of carbonyl (C=O) groups excluding carboxylic acids is 1. The predicted octanol–water partition coefficient (Wildman–Crippen LogP) is 1.31. The molecular formula is C8H12O2. The molecule has 2 heteroatoms. The third-order valence-electron chi connectivity index (χ3n) is 1.55. The standard InChI is InChI=1S/C8H12O2/c1-7-3-2-4-8(10-7)5-6-9/h2,4,6-8H,3,5H2,1H3/t7-,8+/m1/s1. The molecule has 0 fully saturated rings.